The quantitative estimate of drug-likeness (QED) is 0.691. The first-order valence-corrected chi connectivity index (χ1v) is 7.85. The van der Waals surface area contributed by atoms with Gasteiger partial charge < -0.3 is 10.1 Å². The third kappa shape index (κ3) is 4.13. The van der Waals surface area contributed by atoms with E-state index in [4.69, 9.17) is 4.74 Å². The molecule has 0 spiro atoms. The Bertz CT molecular complexity index is 918. The Morgan fingerprint density at radius 3 is 2.54 bits per heavy atom. The van der Waals surface area contributed by atoms with Crippen molar-refractivity contribution in [2.75, 3.05) is 11.9 Å². The van der Waals surface area contributed by atoms with Crippen molar-refractivity contribution < 1.29 is 18.7 Å². The molecule has 0 aliphatic rings. The number of nitrogens with one attached hydrogen (secondary N) is 1. The van der Waals surface area contributed by atoms with Gasteiger partial charge in [-0.3, -0.25) is 9.59 Å². The summed E-state index contributed by atoms with van der Waals surface area (Å²) in [5.74, 6) is 0.220. The highest BCUT2D eigenvalue weighted by Crippen LogP contribution is 2.18. The summed E-state index contributed by atoms with van der Waals surface area (Å²) in [4.78, 5) is 22.8. The van der Waals surface area contributed by atoms with E-state index in [0.717, 1.165) is 6.29 Å². The number of halogens is 1. The van der Waals surface area contributed by atoms with Crippen molar-refractivity contribution in [2.24, 2.45) is 0 Å². The summed E-state index contributed by atoms with van der Waals surface area (Å²) < 4.78 is 20.0. The summed E-state index contributed by atoms with van der Waals surface area (Å²) in [6, 6.07) is 13.9. The number of hydrogen-bond acceptors (Lipinski definition) is 4. The SMILES string of the molecule is Cc1cc(NC(=O)COc2ccc(C=O)cc2)n(-c2ccc(F)cc2)n1. The summed E-state index contributed by atoms with van der Waals surface area (Å²) in [5, 5.41) is 7.03. The van der Waals surface area contributed by atoms with Crippen LogP contribution in [0, 0.1) is 12.7 Å². The summed E-state index contributed by atoms with van der Waals surface area (Å²) in [6.07, 6.45) is 0.732. The van der Waals surface area contributed by atoms with Gasteiger partial charge >= 0.3 is 0 Å². The number of carbonyl (C=O) groups excluding carboxylic acids is 2. The molecule has 2 aromatic carbocycles. The molecule has 1 aromatic heterocycles. The number of aromatic nitrogens is 2. The van der Waals surface area contributed by atoms with Gasteiger partial charge in [-0.25, -0.2) is 9.07 Å². The highest BCUT2D eigenvalue weighted by molar-refractivity contribution is 5.91. The smallest absolute Gasteiger partial charge is 0.263 e. The molecule has 3 aromatic rings. The van der Waals surface area contributed by atoms with Crippen LogP contribution in [0.3, 0.4) is 0 Å². The molecule has 0 radical (unpaired) electrons. The van der Waals surface area contributed by atoms with Crippen LogP contribution in [0.25, 0.3) is 5.69 Å². The van der Waals surface area contributed by atoms with E-state index in [2.05, 4.69) is 10.4 Å². The van der Waals surface area contributed by atoms with E-state index < -0.39 is 0 Å². The molecule has 0 saturated carbocycles. The van der Waals surface area contributed by atoms with E-state index >= 15 is 0 Å². The minimum Gasteiger partial charge on any atom is -0.484 e. The van der Waals surface area contributed by atoms with Crippen molar-refractivity contribution in [1.29, 1.82) is 0 Å². The van der Waals surface area contributed by atoms with Crippen LogP contribution in [0.1, 0.15) is 16.1 Å². The predicted octanol–water partition coefficient (Wildman–Crippen LogP) is 3.15. The summed E-state index contributed by atoms with van der Waals surface area (Å²) in [6.45, 7) is 1.59. The zero-order valence-electron chi connectivity index (χ0n) is 14.0. The fourth-order valence-electron chi connectivity index (χ4n) is 2.34. The third-order valence-corrected chi connectivity index (χ3v) is 3.56. The van der Waals surface area contributed by atoms with Gasteiger partial charge in [-0.05, 0) is 55.5 Å². The lowest BCUT2D eigenvalue weighted by molar-refractivity contribution is -0.118. The van der Waals surface area contributed by atoms with Gasteiger partial charge in [-0.1, -0.05) is 0 Å². The zero-order valence-corrected chi connectivity index (χ0v) is 14.0. The highest BCUT2D eigenvalue weighted by atomic mass is 19.1. The molecule has 0 bridgehead atoms. The zero-order chi connectivity index (χ0) is 18.5. The fourth-order valence-corrected chi connectivity index (χ4v) is 2.34. The van der Waals surface area contributed by atoms with Crippen LogP contribution in [0.5, 0.6) is 5.75 Å². The van der Waals surface area contributed by atoms with Gasteiger partial charge in [0.25, 0.3) is 5.91 Å². The van der Waals surface area contributed by atoms with Crippen molar-refractivity contribution in [3.05, 3.63) is 71.7 Å². The summed E-state index contributed by atoms with van der Waals surface area (Å²) >= 11 is 0. The number of ether oxygens (including phenoxy) is 1. The van der Waals surface area contributed by atoms with Crippen LogP contribution >= 0.6 is 0 Å². The second kappa shape index (κ2) is 7.60. The van der Waals surface area contributed by atoms with Gasteiger partial charge in [0.05, 0.1) is 11.4 Å². The molecule has 0 aliphatic carbocycles. The summed E-state index contributed by atoms with van der Waals surface area (Å²) in [5.41, 5.74) is 1.86. The standard InChI is InChI=1S/C19H16FN3O3/c1-13-10-18(23(22-13)16-6-4-15(20)5-7-16)21-19(25)12-26-17-8-2-14(11-24)3-9-17/h2-11H,12H2,1H3,(H,21,25). The van der Waals surface area contributed by atoms with Crippen LogP contribution < -0.4 is 10.1 Å². The van der Waals surface area contributed by atoms with Crippen LogP contribution in [0.4, 0.5) is 10.2 Å². The largest absolute Gasteiger partial charge is 0.484 e. The Morgan fingerprint density at radius 2 is 1.88 bits per heavy atom. The molecule has 6 nitrogen and oxygen atoms in total. The fraction of sp³-hybridized carbons (Fsp3) is 0.105. The Morgan fingerprint density at radius 1 is 1.19 bits per heavy atom. The molecule has 132 valence electrons. The third-order valence-electron chi connectivity index (χ3n) is 3.56. The molecular weight excluding hydrogens is 337 g/mol. The van der Waals surface area contributed by atoms with E-state index in [1.54, 1.807) is 49.4 Å². The molecule has 1 heterocycles. The average Bonchev–Trinajstić information content (AvgIpc) is 3.01. The Labute approximate surface area is 149 Å². The van der Waals surface area contributed by atoms with Crippen LogP contribution in [-0.4, -0.2) is 28.6 Å². The van der Waals surface area contributed by atoms with Gasteiger partial charge in [0.15, 0.2) is 6.61 Å². The molecule has 26 heavy (non-hydrogen) atoms. The number of carbonyl (C=O) groups is 2. The number of aryl methyl sites for hydroxylation is 1. The number of hydrogen-bond donors (Lipinski definition) is 1. The molecule has 0 atom stereocenters. The number of amides is 1. The van der Waals surface area contributed by atoms with Gasteiger partial charge in [-0.15, -0.1) is 0 Å². The normalized spacial score (nSPS) is 10.4. The topological polar surface area (TPSA) is 73.2 Å². The number of rotatable bonds is 6. The second-order valence-corrected chi connectivity index (χ2v) is 5.58. The van der Waals surface area contributed by atoms with Gasteiger partial charge in [-0.2, -0.15) is 5.10 Å². The van der Waals surface area contributed by atoms with E-state index in [1.165, 1.54) is 16.8 Å². The molecule has 1 amide bonds. The lowest BCUT2D eigenvalue weighted by atomic mass is 10.2. The van der Waals surface area contributed by atoms with Crippen molar-refractivity contribution in [3.8, 4) is 11.4 Å². The Kier molecular flexibility index (Phi) is 5.07. The van der Waals surface area contributed by atoms with Gasteiger partial charge in [0.1, 0.15) is 23.7 Å². The number of nitrogens with zero attached hydrogens (tertiary/aromatic N) is 2. The predicted molar refractivity (Wildman–Crippen MR) is 94.2 cm³/mol. The monoisotopic (exact) mass is 353 g/mol. The van der Waals surface area contributed by atoms with Crippen molar-refractivity contribution in [1.82, 2.24) is 9.78 Å². The van der Waals surface area contributed by atoms with E-state index in [9.17, 15) is 14.0 Å². The maximum absolute atomic E-state index is 13.1. The summed E-state index contributed by atoms with van der Waals surface area (Å²) in [7, 11) is 0. The number of aldehydes is 1. The van der Waals surface area contributed by atoms with Gasteiger partial charge in [0, 0.05) is 11.6 Å². The molecule has 1 N–H and O–H groups in total. The van der Waals surface area contributed by atoms with Crippen LogP contribution in [0.15, 0.2) is 54.6 Å². The van der Waals surface area contributed by atoms with Gasteiger partial charge in [0.2, 0.25) is 0 Å². The molecular formula is C19H16FN3O3. The van der Waals surface area contributed by atoms with Crippen molar-refractivity contribution in [3.63, 3.8) is 0 Å². The highest BCUT2D eigenvalue weighted by Gasteiger charge is 2.11. The lowest BCUT2D eigenvalue weighted by Gasteiger charge is -2.10. The molecule has 0 fully saturated rings. The van der Waals surface area contributed by atoms with Crippen molar-refractivity contribution >= 4 is 18.0 Å². The minimum absolute atomic E-state index is 0.200. The first-order valence-electron chi connectivity index (χ1n) is 7.85. The molecule has 7 heteroatoms. The molecule has 3 rings (SSSR count). The van der Waals surface area contributed by atoms with Crippen LogP contribution in [0.2, 0.25) is 0 Å². The molecule has 0 aliphatic heterocycles. The molecule has 0 unspecified atom stereocenters. The first kappa shape index (κ1) is 17.3. The lowest BCUT2D eigenvalue weighted by Crippen LogP contribution is -2.21. The maximum atomic E-state index is 13.1. The number of benzene rings is 2. The van der Waals surface area contributed by atoms with E-state index in [0.29, 0.717) is 28.5 Å². The second-order valence-electron chi connectivity index (χ2n) is 5.58. The van der Waals surface area contributed by atoms with E-state index in [-0.39, 0.29) is 18.3 Å². The van der Waals surface area contributed by atoms with E-state index in [1.807, 2.05) is 0 Å². The first-order chi connectivity index (χ1) is 12.5. The average molecular weight is 353 g/mol. The number of anilines is 1. The minimum atomic E-state index is -0.368. The van der Waals surface area contributed by atoms with Crippen LogP contribution in [-0.2, 0) is 4.79 Å². The Balaban J connectivity index is 1.67. The molecule has 0 saturated heterocycles. The maximum Gasteiger partial charge on any atom is 0.263 e. The Hall–Kier alpha value is -3.48. The van der Waals surface area contributed by atoms with Crippen molar-refractivity contribution in [2.45, 2.75) is 6.92 Å².